The van der Waals surface area contributed by atoms with Crippen LogP contribution in [0.3, 0.4) is 0 Å². The zero-order valence-electron chi connectivity index (χ0n) is 11.6. The van der Waals surface area contributed by atoms with E-state index >= 15 is 0 Å². The first-order chi connectivity index (χ1) is 9.60. The number of carboxylic acids is 1. The Balaban J connectivity index is 2.06. The standard InChI is InChI=1S/C15H20BrNO3/c1-2-14(11-3-5-12(16)6-4-11)17-7-8-20-13(10-17)9-15(18)19/h3-6,13-14H,2,7-10H2,1H3,(H,18,19). The summed E-state index contributed by atoms with van der Waals surface area (Å²) in [5, 5.41) is 8.89. The normalized spacial score (nSPS) is 21.6. The fourth-order valence-corrected chi connectivity index (χ4v) is 3.00. The summed E-state index contributed by atoms with van der Waals surface area (Å²) < 4.78 is 6.61. The smallest absolute Gasteiger partial charge is 0.306 e. The summed E-state index contributed by atoms with van der Waals surface area (Å²) in [5.41, 5.74) is 1.27. The maximum absolute atomic E-state index is 10.8. The second-order valence-corrected chi connectivity index (χ2v) is 5.98. The van der Waals surface area contributed by atoms with Gasteiger partial charge in [-0.1, -0.05) is 35.0 Å². The monoisotopic (exact) mass is 341 g/mol. The lowest BCUT2D eigenvalue weighted by atomic mass is 10.0. The third-order valence-electron chi connectivity index (χ3n) is 3.65. The number of aliphatic carboxylic acids is 1. The molecule has 0 amide bonds. The minimum Gasteiger partial charge on any atom is -0.481 e. The predicted octanol–water partition coefficient (Wildman–Crippen LogP) is 3.08. The lowest BCUT2D eigenvalue weighted by Gasteiger charge is -2.38. The molecular weight excluding hydrogens is 322 g/mol. The first-order valence-electron chi connectivity index (χ1n) is 6.93. The van der Waals surface area contributed by atoms with Crippen LogP contribution in [-0.2, 0) is 9.53 Å². The van der Waals surface area contributed by atoms with Gasteiger partial charge in [0.05, 0.1) is 19.1 Å². The second kappa shape index (κ2) is 7.20. The van der Waals surface area contributed by atoms with E-state index in [-0.39, 0.29) is 12.5 Å². The maximum Gasteiger partial charge on any atom is 0.306 e. The van der Waals surface area contributed by atoms with E-state index in [4.69, 9.17) is 9.84 Å². The van der Waals surface area contributed by atoms with Crippen LogP contribution in [0.4, 0.5) is 0 Å². The van der Waals surface area contributed by atoms with Gasteiger partial charge in [0.15, 0.2) is 0 Å². The zero-order valence-corrected chi connectivity index (χ0v) is 13.2. The highest BCUT2D eigenvalue weighted by Gasteiger charge is 2.27. The summed E-state index contributed by atoms with van der Waals surface area (Å²) in [6.07, 6.45) is 0.875. The van der Waals surface area contributed by atoms with Gasteiger partial charge in [-0.25, -0.2) is 0 Å². The van der Waals surface area contributed by atoms with Crippen LogP contribution in [0.5, 0.6) is 0 Å². The number of carbonyl (C=O) groups is 1. The van der Waals surface area contributed by atoms with Crippen molar-refractivity contribution in [1.82, 2.24) is 4.90 Å². The number of hydrogen-bond acceptors (Lipinski definition) is 3. The second-order valence-electron chi connectivity index (χ2n) is 5.06. The van der Waals surface area contributed by atoms with E-state index in [2.05, 4.69) is 39.9 Å². The number of morpholine rings is 1. The molecule has 0 bridgehead atoms. The van der Waals surface area contributed by atoms with Crippen molar-refractivity contribution in [1.29, 1.82) is 0 Å². The van der Waals surface area contributed by atoms with E-state index in [1.54, 1.807) is 0 Å². The van der Waals surface area contributed by atoms with Gasteiger partial charge in [-0.05, 0) is 24.1 Å². The van der Waals surface area contributed by atoms with Crippen molar-refractivity contribution in [3.63, 3.8) is 0 Å². The minimum absolute atomic E-state index is 0.0767. The van der Waals surface area contributed by atoms with Gasteiger partial charge >= 0.3 is 5.97 Å². The molecule has 0 aromatic heterocycles. The van der Waals surface area contributed by atoms with Gasteiger partial charge in [0.25, 0.3) is 0 Å². The first kappa shape index (κ1) is 15.5. The number of nitrogens with zero attached hydrogens (tertiary/aromatic N) is 1. The summed E-state index contributed by atoms with van der Waals surface area (Å²) in [5.74, 6) is -0.798. The average Bonchev–Trinajstić information content (AvgIpc) is 2.41. The Labute approximate surface area is 127 Å². The van der Waals surface area contributed by atoms with E-state index in [9.17, 15) is 4.79 Å². The molecule has 2 atom stereocenters. The van der Waals surface area contributed by atoms with Crippen molar-refractivity contribution in [2.24, 2.45) is 0 Å². The van der Waals surface area contributed by atoms with Crippen LogP contribution in [0.2, 0.25) is 0 Å². The third kappa shape index (κ3) is 4.04. The lowest BCUT2D eigenvalue weighted by Crippen LogP contribution is -2.44. The number of rotatable bonds is 5. The van der Waals surface area contributed by atoms with Gasteiger partial charge in [-0.15, -0.1) is 0 Å². The van der Waals surface area contributed by atoms with Crippen LogP contribution in [0, 0.1) is 0 Å². The largest absolute Gasteiger partial charge is 0.481 e. The van der Waals surface area contributed by atoms with Gasteiger partial charge in [0, 0.05) is 23.6 Å². The van der Waals surface area contributed by atoms with Gasteiger partial charge in [0.2, 0.25) is 0 Å². The topological polar surface area (TPSA) is 49.8 Å². The summed E-state index contributed by atoms with van der Waals surface area (Å²) in [6.45, 7) is 4.30. The Bertz CT molecular complexity index is 449. The molecule has 1 aromatic rings. The lowest BCUT2D eigenvalue weighted by molar-refractivity contribution is -0.142. The Morgan fingerprint density at radius 3 is 2.80 bits per heavy atom. The maximum atomic E-state index is 10.8. The summed E-state index contributed by atoms with van der Waals surface area (Å²) in [6, 6.07) is 8.67. The van der Waals surface area contributed by atoms with Gasteiger partial charge in [-0.2, -0.15) is 0 Å². The SMILES string of the molecule is CCC(c1ccc(Br)cc1)N1CCOC(CC(=O)O)C1. The number of carboxylic acid groups (broad SMARTS) is 1. The zero-order chi connectivity index (χ0) is 14.5. The van der Waals surface area contributed by atoms with E-state index < -0.39 is 5.97 Å². The first-order valence-corrected chi connectivity index (χ1v) is 7.72. The molecule has 1 fully saturated rings. The average molecular weight is 342 g/mol. The summed E-state index contributed by atoms with van der Waals surface area (Å²) >= 11 is 3.45. The Morgan fingerprint density at radius 2 is 2.20 bits per heavy atom. The molecule has 0 saturated carbocycles. The Hall–Kier alpha value is -0.910. The molecule has 20 heavy (non-hydrogen) atoms. The molecule has 1 N–H and O–H groups in total. The minimum atomic E-state index is -0.798. The molecule has 4 nitrogen and oxygen atoms in total. The molecule has 2 rings (SSSR count). The molecule has 1 aromatic carbocycles. The van der Waals surface area contributed by atoms with Gasteiger partial charge < -0.3 is 9.84 Å². The number of benzene rings is 1. The van der Waals surface area contributed by atoms with Crippen molar-refractivity contribution >= 4 is 21.9 Å². The van der Waals surface area contributed by atoms with Crippen LogP contribution in [0.25, 0.3) is 0 Å². The van der Waals surface area contributed by atoms with E-state index in [0.29, 0.717) is 19.2 Å². The Kier molecular flexibility index (Phi) is 5.57. The van der Waals surface area contributed by atoms with Crippen molar-refractivity contribution < 1.29 is 14.6 Å². The van der Waals surface area contributed by atoms with E-state index in [1.165, 1.54) is 5.56 Å². The fourth-order valence-electron chi connectivity index (χ4n) is 2.73. The summed E-state index contributed by atoms with van der Waals surface area (Å²) in [7, 11) is 0. The van der Waals surface area contributed by atoms with Crippen LogP contribution in [0.15, 0.2) is 28.7 Å². The molecule has 5 heteroatoms. The molecule has 110 valence electrons. The van der Waals surface area contributed by atoms with Crippen LogP contribution >= 0.6 is 15.9 Å². The molecule has 1 aliphatic rings. The van der Waals surface area contributed by atoms with Gasteiger partial charge in [0.1, 0.15) is 0 Å². The van der Waals surface area contributed by atoms with Crippen molar-refractivity contribution in [2.75, 3.05) is 19.7 Å². The highest BCUT2D eigenvalue weighted by molar-refractivity contribution is 9.10. The van der Waals surface area contributed by atoms with Crippen molar-refractivity contribution in [2.45, 2.75) is 31.9 Å². The van der Waals surface area contributed by atoms with Crippen LogP contribution in [-0.4, -0.2) is 41.8 Å². The molecular formula is C15H20BrNO3. The molecule has 0 spiro atoms. The van der Waals surface area contributed by atoms with E-state index in [1.807, 2.05) is 12.1 Å². The summed E-state index contributed by atoms with van der Waals surface area (Å²) in [4.78, 5) is 13.2. The molecule has 1 saturated heterocycles. The number of ether oxygens (including phenoxy) is 1. The molecule has 0 aliphatic carbocycles. The van der Waals surface area contributed by atoms with Crippen LogP contribution in [0.1, 0.15) is 31.4 Å². The molecule has 1 heterocycles. The highest BCUT2D eigenvalue weighted by atomic mass is 79.9. The fraction of sp³-hybridized carbons (Fsp3) is 0.533. The quantitative estimate of drug-likeness (QED) is 0.894. The van der Waals surface area contributed by atoms with Gasteiger partial charge in [-0.3, -0.25) is 9.69 Å². The predicted molar refractivity (Wildman–Crippen MR) is 80.7 cm³/mol. The third-order valence-corrected chi connectivity index (χ3v) is 4.18. The Morgan fingerprint density at radius 1 is 1.50 bits per heavy atom. The molecule has 0 radical (unpaired) electrons. The number of halogens is 1. The van der Waals surface area contributed by atoms with E-state index in [0.717, 1.165) is 17.4 Å². The highest BCUT2D eigenvalue weighted by Crippen LogP contribution is 2.27. The molecule has 2 unspecified atom stereocenters. The van der Waals surface area contributed by atoms with Crippen molar-refractivity contribution in [3.05, 3.63) is 34.3 Å². The number of hydrogen-bond donors (Lipinski definition) is 1. The molecule has 1 aliphatic heterocycles. The van der Waals surface area contributed by atoms with Crippen molar-refractivity contribution in [3.8, 4) is 0 Å². The van der Waals surface area contributed by atoms with Crippen LogP contribution < -0.4 is 0 Å².